The fraction of sp³-hybridized carbons (Fsp3) is 0.273. The van der Waals surface area contributed by atoms with Gasteiger partial charge in [0.25, 0.3) is 0 Å². The number of hydrogen-bond donors (Lipinski definition) is 2. The summed E-state index contributed by atoms with van der Waals surface area (Å²) in [6.07, 6.45) is 0. The maximum atomic E-state index is 13.2. The summed E-state index contributed by atoms with van der Waals surface area (Å²) in [5.41, 5.74) is 8.62. The van der Waals surface area contributed by atoms with E-state index in [1.54, 1.807) is 7.11 Å². The van der Waals surface area contributed by atoms with Crippen LogP contribution in [0.4, 0.5) is 8.78 Å². The first-order valence-corrected chi connectivity index (χ1v) is 11.5. The minimum Gasteiger partial charge on any atom is -0.435 e. The van der Waals surface area contributed by atoms with E-state index >= 15 is 0 Å². The zero-order valence-electron chi connectivity index (χ0n) is 17.1. The van der Waals surface area contributed by atoms with Crippen molar-refractivity contribution in [3.63, 3.8) is 0 Å². The fourth-order valence-corrected chi connectivity index (χ4v) is 5.83. The minimum atomic E-state index is -2.92. The lowest BCUT2D eigenvalue weighted by molar-refractivity contribution is -0.0498. The van der Waals surface area contributed by atoms with E-state index in [9.17, 15) is 13.6 Å². The number of ether oxygens (including phenoxy) is 2. The lowest BCUT2D eigenvalue weighted by atomic mass is 9.99. The molecule has 4 rings (SSSR count). The van der Waals surface area contributed by atoms with Gasteiger partial charge in [0.15, 0.2) is 5.78 Å². The van der Waals surface area contributed by atoms with Gasteiger partial charge >= 0.3 is 6.61 Å². The number of thiazole rings is 1. The number of methoxy groups -OCH3 is 1. The number of thioether (sulfide) groups is 1. The number of carbonyl (C=O) groups excluding carboxylic acids is 1. The zero-order chi connectivity index (χ0) is 22.7. The van der Waals surface area contributed by atoms with Gasteiger partial charge in [-0.2, -0.15) is 8.78 Å². The van der Waals surface area contributed by atoms with Crippen molar-refractivity contribution in [2.24, 2.45) is 5.73 Å². The lowest BCUT2D eigenvalue weighted by Crippen LogP contribution is -2.36. The Morgan fingerprint density at radius 1 is 1.22 bits per heavy atom. The van der Waals surface area contributed by atoms with Crippen LogP contribution in [0.1, 0.15) is 15.4 Å². The van der Waals surface area contributed by atoms with Gasteiger partial charge in [-0.15, -0.1) is 11.3 Å². The van der Waals surface area contributed by atoms with Crippen LogP contribution < -0.4 is 15.8 Å². The molecule has 0 unspecified atom stereocenters. The third kappa shape index (κ3) is 4.78. The number of rotatable bonds is 9. The second-order valence-corrected chi connectivity index (χ2v) is 9.16. The smallest absolute Gasteiger partial charge is 0.387 e. The first kappa shape index (κ1) is 22.7. The molecule has 0 bridgehead atoms. The summed E-state index contributed by atoms with van der Waals surface area (Å²) in [7, 11) is 1.62. The van der Waals surface area contributed by atoms with Gasteiger partial charge in [0.1, 0.15) is 10.8 Å². The molecule has 2 aromatic carbocycles. The van der Waals surface area contributed by atoms with Crippen molar-refractivity contribution in [2.75, 3.05) is 20.3 Å². The maximum absolute atomic E-state index is 13.2. The fourth-order valence-electron chi connectivity index (χ4n) is 3.38. The van der Waals surface area contributed by atoms with E-state index in [2.05, 4.69) is 10.1 Å². The SMILES string of the molecule is COCCNC1=C(c2nc3ccccc3s2)[C@H](N)[C@H](C(=O)c2ccc(OC(F)F)cc2)S1. The van der Waals surface area contributed by atoms with Crippen molar-refractivity contribution in [1.29, 1.82) is 0 Å². The summed E-state index contributed by atoms with van der Waals surface area (Å²) >= 11 is 2.88. The maximum Gasteiger partial charge on any atom is 0.387 e. The van der Waals surface area contributed by atoms with E-state index in [-0.39, 0.29) is 11.5 Å². The Morgan fingerprint density at radius 2 is 1.97 bits per heavy atom. The molecule has 0 amide bonds. The largest absolute Gasteiger partial charge is 0.435 e. The van der Waals surface area contributed by atoms with Gasteiger partial charge in [-0.25, -0.2) is 4.98 Å². The number of alkyl halides is 2. The number of Topliss-reactive ketones (excluding diaryl/α,β-unsaturated/α-hetero) is 1. The molecule has 0 aliphatic carbocycles. The molecule has 1 aliphatic heterocycles. The third-order valence-corrected chi connectivity index (χ3v) is 7.32. The van der Waals surface area contributed by atoms with Crippen LogP contribution in [-0.2, 0) is 4.74 Å². The number of benzene rings is 2. The molecule has 6 nitrogen and oxygen atoms in total. The molecule has 32 heavy (non-hydrogen) atoms. The van der Waals surface area contributed by atoms with Gasteiger partial charge in [-0.05, 0) is 36.4 Å². The molecule has 0 saturated carbocycles. The molecule has 0 fully saturated rings. The van der Waals surface area contributed by atoms with Crippen molar-refractivity contribution in [1.82, 2.24) is 10.3 Å². The van der Waals surface area contributed by atoms with Gasteiger partial charge in [0.05, 0.1) is 33.1 Å². The molecule has 3 aromatic rings. The number of para-hydroxylation sites is 1. The summed E-state index contributed by atoms with van der Waals surface area (Å²) in [6.45, 7) is -1.87. The molecule has 10 heteroatoms. The molecule has 2 atom stereocenters. The number of halogens is 2. The second-order valence-electron chi connectivity index (χ2n) is 6.98. The number of aromatic nitrogens is 1. The summed E-state index contributed by atoms with van der Waals surface area (Å²) in [4.78, 5) is 18.0. The number of nitrogens with two attached hydrogens (primary N) is 1. The highest BCUT2D eigenvalue weighted by Gasteiger charge is 2.40. The van der Waals surface area contributed by atoms with Crippen molar-refractivity contribution >= 4 is 44.7 Å². The number of hydrogen-bond acceptors (Lipinski definition) is 8. The Morgan fingerprint density at radius 3 is 2.66 bits per heavy atom. The van der Waals surface area contributed by atoms with Crippen LogP contribution in [-0.4, -0.2) is 48.9 Å². The summed E-state index contributed by atoms with van der Waals surface area (Å²) < 4.78 is 35.3. The molecule has 2 heterocycles. The van der Waals surface area contributed by atoms with Crippen molar-refractivity contribution < 1.29 is 23.0 Å². The first-order chi connectivity index (χ1) is 15.5. The normalized spacial score (nSPS) is 18.5. The van der Waals surface area contributed by atoms with Crippen molar-refractivity contribution in [2.45, 2.75) is 17.9 Å². The number of nitrogens with zero attached hydrogens (tertiary/aromatic N) is 1. The summed E-state index contributed by atoms with van der Waals surface area (Å²) in [6, 6.07) is 12.9. The highest BCUT2D eigenvalue weighted by Crippen LogP contribution is 2.44. The second kappa shape index (κ2) is 9.95. The standard InChI is InChI=1S/C22H21F2N3O3S2/c1-29-11-10-26-20-16(21-27-14-4-2-3-5-15(14)31-21)17(25)19(32-20)18(28)12-6-8-13(9-7-12)30-22(23)24/h2-9,17,19,22,26H,10-11,25H2,1H3/t17-,19+/m0/s1. The van der Waals surface area contributed by atoms with Crippen LogP contribution in [0.2, 0.25) is 0 Å². The molecular weight excluding hydrogens is 456 g/mol. The van der Waals surface area contributed by atoms with Gasteiger partial charge in [0, 0.05) is 24.8 Å². The van der Waals surface area contributed by atoms with Crippen LogP contribution >= 0.6 is 23.1 Å². The van der Waals surface area contributed by atoms with Crippen LogP contribution in [0.25, 0.3) is 15.8 Å². The van der Waals surface area contributed by atoms with Crippen molar-refractivity contribution in [3.05, 3.63) is 64.1 Å². The van der Waals surface area contributed by atoms with Crippen LogP contribution in [0.3, 0.4) is 0 Å². The molecular formula is C22H21F2N3O3S2. The van der Waals surface area contributed by atoms with E-state index in [1.807, 2.05) is 24.3 Å². The predicted octanol–water partition coefficient (Wildman–Crippen LogP) is 4.13. The van der Waals surface area contributed by atoms with Gasteiger partial charge < -0.3 is 20.5 Å². The van der Waals surface area contributed by atoms with Gasteiger partial charge in [0.2, 0.25) is 0 Å². The Labute approximate surface area is 191 Å². The Balaban J connectivity index is 1.61. The third-order valence-electron chi connectivity index (χ3n) is 4.89. The van der Waals surface area contributed by atoms with Gasteiger partial charge in [-0.1, -0.05) is 23.9 Å². The lowest BCUT2D eigenvalue weighted by Gasteiger charge is -2.15. The van der Waals surface area contributed by atoms with E-state index in [4.69, 9.17) is 15.5 Å². The highest BCUT2D eigenvalue weighted by atomic mass is 32.2. The van der Waals surface area contributed by atoms with Crippen LogP contribution in [0, 0.1) is 0 Å². The van der Waals surface area contributed by atoms with Gasteiger partial charge in [-0.3, -0.25) is 4.79 Å². The first-order valence-electron chi connectivity index (χ1n) is 9.82. The molecule has 0 radical (unpaired) electrons. The zero-order valence-corrected chi connectivity index (χ0v) is 18.7. The Hall–Kier alpha value is -2.53. The molecule has 168 valence electrons. The quantitative estimate of drug-likeness (QED) is 0.354. The average molecular weight is 478 g/mol. The minimum absolute atomic E-state index is 0.00451. The Bertz CT molecular complexity index is 1100. The molecule has 0 saturated heterocycles. The van der Waals surface area contributed by atoms with E-state index in [0.29, 0.717) is 18.7 Å². The highest BCUT2D eigenvalue weighted by molar-refractivity contribution is 8.05. The number of ketones is 1. The van der Waals surface area contributed by atoms with E-state index < -0.39 is 17.9 Å². The van der Waals surface area contributed by atoms with Crippen molar-refractivity contribution in [3.8, 4) is 5.75 Å². The topological polar surface area (TPSA) is 86.5 Å². The number of fused-ring (bicyclic) bond motifs is 1. The van der Waals surface area contributed by atoms with E-state index in [1.165, 1.54) is 47.4 Å². The van der Waals surface area contributed by atoms with E-state index in [0.717, 1.165) is 25.8 Å². The predicted molar refractivity (Wildman–Crippen MR) is 123 cm³/mol. The van der Waals surface area contributed by atoms with Crippen LogP contribution in [0.5, 0.6) is 5.75 Å². The number of nitrogens with one attached hydrogen (secondary N) is 1. The molecule has 0 spiro atoms. The Kier molecular flexibility index (Phi) is 7.04. The molecule has 1 aromatic heterocycles. The molecule has 1 aliphatic rings. The number of carbonyl (C=O) groups is 1. The monoisotopic (exact) mass is 477 g/mol. The molecule has 3 N–H and O–H groups in total. The summed E-state index contributed by atoms with van der Waals surface area (Å²) in [5, 5.41) is 4.30. The van der Waals surface area contributed by atoms with Crippen LogP contribution in [0.15, 0.2) is 53.6 Å². The summed E-state index contributed by atoms with van der Waals surface area (Å²) in [5.74, 6) is -0.191. The average Bonchev–Trinajstić information content (AvgIpc) is 3.34.